The maximum absolute atomic E-state index is 13.6. The van der Waals surface area contributed by atoms with E-state index >= 15 is 0 Å². The predicted molar refractivity (Wildman–Crippen MR) is 113 cm³/mol. The number of carbonyl (C=O) groups is 1. The van der Waals surface area contributed by atoms with Crippen LogP contribution in [0.3, 0.4) is 0 Å². The van der Waals surface area contributed by atoms with Crippen molar-refractivity contribution in [2.75, 3.05) is 12.3 Å². The van der Waals surface area contributed by atoms with E-state index in [1.165, 1.54) is 30.2 Å². The molecule has 5 aliphatic rings. The second kappa shape index (κ2) is 7.11. The molecule has 0 unspecified atom stereocenters. The summed E-state index contributed by atoms with van der Waals surface area (Å²) in [7, 11) is 0. The number of nitrogens with zero attached hydrogens (tertiary/aromatic N) is 3. The van der Waals surface area contributed by atoms with Crippen LogP contribution in [-0.4, -0.2) is 66.2 Å². The minimum Gasteiger partial charge on any atom is -0.394 e. The molecule has 4 aliphatic carbocycles. The van der Waals surface area contributed by atoms with Crippen LogP contribution in [0.1, 0.15) is 55.1 Å². The topological polar surface area (TPSA) is 156 Å². The average Bonchev–Trinajstić information content (AvgIpc) is 3.26. The summed E-state index contributed by atoms with van der Waals surface area (Å²) in [5, 5.41) is 33.9. The van der Waals surface area contributed by atoms with Crippen molar-refractivity contribution in [1.82, 2.24) is 19.9 Å². The van der Waals surface area contributed by atoms with E-state index in [1.54, 1.807) is 6.20 Å². The van der Waals surface area contributed by atoms with E-state index in [9.17, 15) is 20.1 Å². The molecule has 3 heterocycles. The summed E-state index contributed by atoms with van der Waals surface area (Å²) in [5.41, 5.74) is 6.63. The summed E-state index contributed by atoms with van der Waals surface area (Å²) in [4.78, 5) is 21.9. The average molecular weight is 444 g/mol. The number of aliphatic hydroxyl groups excluding tert-OH is 3. The third kappa shape index (κ3) is 2.97. The molecule has 1 saturated heterocycles. The van der Waals surface area contributed by atoms with Gasteiger partial charge in [0.05, 0.1) is 17.6 Å². The maximum atomic E-state index is 13.6. The summed E-state index contributed by atoms with van der Waals surface area (Å²) < 4.78 is 7.18. The molecule has 0 spiro atoms. The molecule has 4 atom stereocenters. The second-order valence-electron chi connectivity index (χ2n) is 10.3. The molecular formula is C22H29N5O5. The SMILES string of the molecule is Nc1ncnc2c1c(C(=O)NC13CC4CC(CC(C4)C1)C3)cn2[C@@H]1O[C@H](CO)[C@@H](O)[C@H]1O. The molecule has 1 amide bonds. The van der Waals surface area contributed by atoms with Crippen LogP contribution in [0.25, 0.3) is 11.0 Å². The van der Waals surface area contributed by atoms with Crippen molar-refractivity contribution in [3.63, 3.8) is 0 Å². The number of aliphatic hydroxyl groups is 3. The molecule has 4 saturated carbocycles. The lowest BCUT2D eigenvalue weighted by atomic mass is 9.53. The van der Waals surface area contributed by atoms with E-state index in [1.807, 2.05) is 0 Å². The smallest absolute Gasteiger partial charge is 0.254 e. The molecule has 1 aliphatic heterocycles. The molecule has 4 bridgehead atoms. The lowest BCUT2D eigenvalue weighted by molar-refractivity contribution is -0.0509. The van der Waals surface area contributed by atoms with E-state index in [-0.39, 0.29) is 17.3 Å². The first-order chi connectivity index (χ1) is 15.4. The summed E-state index contributed by atoms with van der Waals surface area (Å²) in [6, 6.07) is 0. The minimum atomic E-state index is -1.29. The summed E-state index contributed by atoms with van der Waals surface area (Å²) in [5.74, 6) is 2.00. The lowest BCUT2D eigenvalue weighted by Gasteiger charge is -2.56. The van der Waals surface area contributed by atoms with Crippen LogP contribution in [0.2, 0.25) is 0 Å². The highest BCUT2D eigenvalue weighted by Crippen LogP contribution is 2.55. The van der Waals surface area contributed by atoms with E-state index < -0.39 is 31.1 Å². The fourth-order valence-electron chi connectivity index (χ4n) is 7.16. The summed E-state index contributed by atoms with van der Waals surface area (Å²) in [6.07, 6.45) is 5.24. The van der Waals surface area contributed by atoms with Crippen LogP contribution < -0.4 is 11.1 Å². The molecular weight excluding hydrogens is 414 g/mol. The number of fused-ring (bicyclic) bond motifs is 1. The van der Waals surface area contributed by atoms with Gasteiger partial charge in [-0.3, -0.25) is 4.79 Å². The number of hydrogen-bond acceptors (Lipinski definition) is 8. The highest BCUT2D eigenvalue weighted by Gasteiger charge is 2.52. The maximum Gasteiger partial charge on any atom is 0.254 e. The molecule has 2 aromatic heterocycles. The normalized spacial score (nSPS) is 40.3. The van der Waals surface area contributed by atoms with Gasteiger partial charge in [0.25, 0.3) is 5.91 Å². The van der Waals surface area contributed by atoms with Crippen molar-refractivity contribution >= 4 is 22.8 Å². The Morgan fingerprint density at radius 1 is 1.16 bits per heavy atom. The second-order valence-corrected chi connectivity index (χ2v) is 10.3. The largest absolute Gasteiger partial charge is 0.394 e. The third-order valence-corrected chi connectivity index (χ3v) is 8.09. The van der Waals surface area contributed by atoms with Gasteiger partial charge < -0.3 is 35.7 Å². The Bertz CT molecular complexity index is 1040. The Balaban J connectivity index is 1.36. The van der Waals surface area contributed by atoms with Crippen LogP contribution in [0.15, 0.2) is 12.5 Å². The number of carbonyl (C=O) groups excluding carboxylic acids is 1. The Labute approximate surface area is 184 Å². The van der Waals surface area contributed by atoms with Gasteiger partial charge >= 0.3 is 0 Å². The first kappa shape index (κ1) is 20.3. The predicted octanol–water partition coefficient (Wildman–Crippen LogP) is 0.324. The number of nitrogens with two attached hydrogens (primary N) is 1. The Hall–Kier alpha value is -2.27. The standard InChI is InChI=1S/C22H29N5O5/c23-18-15-13(20(31)26-22-4-10-1-11(5-22)3-12(2-10)6-22)7-27(19(15)25-9-24-18)21-17(30)16(29)14(8-28)32-21/h7,9-12,14,16-17,21,28-30H,1-6,8H2,(H,26,31)(H2,23,24,25)/t10?,11?,12?,14-,16-,17-,21-,22?/m1/s1. The number of nitrogen functional groups attached to an aromatic ring is 1. The first-order valence-corrected chi connectivity index (χ1v) is 11.4. The summed E-state index contributed by atoms with van der Waals surface area (Å²) in [6.45, 7) is -0.440. The Morgan fingerprint density at radius 3 is 2.41 bits per heavy atom. The van der Waals surface area contributed by atoms with Crippen molar-refractivity contribution in [3.8, 4) is 0 Å². The monoisotopic (exact) mass is 443 g/mol. The molecule has 0 aromatic carbocycles. The number of anilines is 1. The zero-order chi connectivity index (χ0) is 22.2. The van der Waals surface area contributed by atoms with Crippen LogP contribution in [-0.2, 0) is 4.74 Å². The van der Waals surface area contributed by atoms with Gasteiger partial charge in [-0.2, -0.15) is 0 Å². The van der Waals surface area contributed by atoms with Crippen LogP contribution >= 0.6 is 0 Å². The first-order valence-electron chi connectivity index (χ1n) is 11.4. The number of nitrogens with one attached hydrogen (secondary N) is 1. The zero-order valence-electron chi connectivity index (χ0n) is 17.7. The molecule has 0 radical (unpaired) electrons. The molecule has 10 heteroatoms. The molecule has 172 valence electrons. The van der Waals surface area contributed by atoms with Crippen LogP contribution in [0.5, 0.6) is 0 Å². The molecule has 7 rings (SSSR count). The highest BCUT2D eigenvalue weighted by molar-refractivity contribution is 6.09. The number of amides is 1. The number of aromatic nitrogens is 3. The minimum absolute atomic E-state index is 0.163. The Kier molecular flexibility index (Phi) is 4.52. The van der Waals surface area contributed by atoms with Crippen molar-refractivity contribution in [2.45, 2.75) is 68.6 Å². The fourth-order valence-corrected chi connectivity index (χ4v) is 7.16. The number of rotatable bonds is 4. The summed E-state index contributed by atoms with van der Waals surface area (Å²) >= 11 is 0. The van der Waals surface area contributed by atoms with Gasteiger partial charge in [0, 0.05) is 11.7 Å². The van der Waals surface area contributed by atoms with Crippen LogP contribution in [0.4, 0.5) is 5.82 Å². The zero-order valence-corrected chi connectivity index (χ0v) is 17.7. The number of ether oxygens (including phenoxy) is 1. The van der Waals surface area contributed by atoms with Gasteiger partial charge in [-0.05, 0) is 56.3 Å². The van der Waals surface area contributed by atoms with Gasteiger partial charge in [0.1, 0.15) is 36.1 Å². The fraction of sp³-hybridized carbons (Fsp3) is 0.682. The highest BCUT2D eigenvalue weighted by atomic mass is 16.6. The van der Waals surface area contributed by atoms with Gasteiger partial charge in [0.15, 0.2) is 6.23 Å². The van der Waals surface area contributed by atoms with Crippen LogP contribution in [0, 0.1) is 17.8 Å². The molecule has 6 N–H and O–H groups in total. The quantitative estimate of drug-likeness (QED) is 0.452. The molecule has 32 heavy (non-hydrogen) atoms. The van der Waals surface area contributed by atoms with Crippen molar-refractivity contribution in [2.24, 2.45) is 17.8 Å². The molecule has 2 aromatic rings. The molecule has 5 fully saturated rings. The lowest BCUT2D eigenvalue weighted by Crippen LogP contribution is -2.59. The van der Waals surface area contributed by atoms with E-state index in [4.69, 9.17) is 10.5 Å². The van der Waals surface area contributed by atoms with E-state index in [0.717, 1.165) is 19.3 Å². The Morgan fingerprint density at radius 2 is 1.81 bits per heavy atom. The van der Waals surface area contributed by atoms with E-state index in [0.29, 0.717) is 34.4 Å². The number of hydrogen-bond donors (Lipinski definition) is 5. The van der Waals surface area contributed by atoms with Crippen molar-refractivity contribution in [1.29, 1.82) is 0 Å². The van der Waals surface area contributed by atoms with Gasteiger partial charge in [0.2, 0.25) is 0 Å². The van der Waals surface area contributed by atoms with Crippen molar-refractivity contribution < 1.29 is 24.9 Å². The van der Waals surface area contributed by atoms with E-state index in [2.05, 4.69) is 15.3 Å². The van der Waals surface area contributed by atoms with Crippen molar-refractivity contribution in [3.05, 3.63) is 18.1 Å². The van der Waals surface area contributed by atoms with Gasteiger partial charge in [-0.15, -0.1) is 0 Å². The molecule has 10 nitrogen and oxygen atoms in total. The van der Waals surface area contributed by atoms with Gasteiger partial charge in [-0.25, -0.2) is 9.97 Å². The third-order valence-electron chi connectivity index (χ3n) is 8.09. The van der Waals surface area contributed by atoms with Gasteiger partial charge in [-0.1, -0.05) is 0 Å².